The van der Waals surface area contributed by atoms with Gasteiger partial charge < -0.3 is 5.73 Å². The lowest BCUT2D eigenvalue weighted by Crippen LogP contribution is -2.23. The summed E-state index contributed by atoms with van der Waals surface area (Å²) in [6, 6.07) is 2.19. The van der Waals surface area contributed by atoms with Crippen molar-refractivity contribution in [3.05, 3.63) is 21.4 Å². The van der Waals surface area contributed by atoms with Gasteiger partial charge in [-0.15, -0.1) is 17.8 Å². The maximum atomic E-state index is 5.62. The van der Waals surface area contributed by atoms with Crippen molar-refractivity contribution in [3.63, 3.8) is 0 Å². The summed E-state index contributed by atoms with van der Waals surface area (Å²) < 4.78 is 0. The Kier molecular flexibility index (Phi) is 4.83. The first-order valence-electron chi connectivity index (χ1n) is 5.15. The molecular formula is C12H18N2S. The van der Waals surface area contributed by atoms with E-state index in [0.29, 0.717) is 13.1 Å². The second-order valence-corrected chi connectivity index (χ2v) is 4.85. The summed E-state index contributed by atoms with van der Waals surface area (Å²) in [6.45, 7) is 7.53. The zero-order valence-corrected chi connectivity index (χ0v) is 10.2. The predicted molar refractivity (Wildman–Crippen MR) is 66.7 cm³/mol. The molecule has 0 saturated carbocycles. The van der Waals surface area contributed by atoms with E-state index in [1.165, 1.54) is 15.3 Å². The van der Waals surface area contributed by atoms with Crippen molar-refractivity contribution in [2.75, 3.05) is 13.1 Å². The molecule has 0 aliphatic heterocycles. The number of nitrogens with two attached hydrogens (primary N) is 1. The maximum absolute atomic E-state index is 5.62. The van der Waals surface area contributed by atoms with Crippen LogP contribution in [-0.2, 0) is 13.1 Å². The number of aryl methyl sites for hydroxylation is 1. The standard InChI is InChI=1S/C12H18N2S/c1-4-6-14(5-2)9-11-7-12(8-13)15-10(11)3/h1,7H,5-6,8-9,13H2,2-3H3. The van der Waals surface area contributed by atoms with Gasteiger partial charge in [0, 0.05) is 22.8 Å². The second kappa shape index (κ2) is 5.92. The number of terminal acetylenes is 1. The van der Waals surface area contributed by atoms with Crippen molar-refractivity contribution in [1.29, 1.82) is 0 Å². The Hall–Kier alpha value is -0.820. The molecule has 0 aliphatic rings. The summed E-state index contributed by atoms with van der Waals surface area (Å²) >= 11 is 1.78. The van der Waals surface area contributed by atoms with Gasteiger partial charge in [0.05, 0.1) is 6.54 Å². The molecule has 2 nitrogen and oxygen atoms in total. The molecule has 0 unspecified atom stereocenters. The number of hydrogen-bond acceptors (Lipinski definition) is 3. The van der Waals surface area contributed by atoms with Crippen LogP contribution in [0.25, 0.3) is 0 Å². The highest BCUT2D eigenvalue weighted by atomic mass is 32.1. The van der Waals surface area contributed by atoms with E-state index in [1.807, 2.05) is 0 Å². The minimum absolute atomic E-state index is 0.632. The van der Waals surface area contributed by atoms with E-state index in [2.05, 4.69) is 30.7 Å². The third-order valence-electron chi connectivity index (χ3n) is 2.43. The van der Waals surface area contributed by atoms with Crippen molar-refractivity contribution in [2.45, 2.75) is 26.9 Å². The summed E-state index contributed by atoms with van der Waals surface area (Å²) in [7, 11) is 0. The van der Waals surface area contributed by atoms with Gasteiger partial charge in [-0.2, -0.15) is 0 Å². The highest BCUT2D eigenvalue weighted by Gasteiger charge is 2.08. The summed E-state index contributed by atoms with van der Waals surface area (Å²) in [4.78, 5) is 4.85. The molecule has 0 bridgehead atoms. The van der Waals surface area contributed by atoms with Gasteiger partial charge in [-0.25, -0.2) is 0 Å². The van der Waals surface area contributed by atoms with Gasteiger partial charge in [0.25, 0.3) is 0 Å². The first kappa shape index (κ1) is 12.3. The predicted octanol–water partition coefficient (Wildman–Crippen LogP) is 1.97. The van der Waals surface area contributed by atoms with Crippen LogP contribution in [0.1, 0.15) is 22.2 Å². The van der Waals surface area contributed by atoms with E-state index < -0.39 is 0 Å². The fourth-order valence-corrected chi connectivity index (χ4v) is 2.43. The average Bonchev–Trinajstić information content (AvgIpc) is 2.59. The van der Waals surface area contributed by atoms with Crippen LogP contribution in [0.15, 0.2) is 6.07 Å². The monoisotopic (exact) mass is 222 g/mol. The normalized spacial score (nSPS) is 10.6. The molecule has 2 N–H and O–H groups in total. The Morgan fingerprint density at radius 3 is 2.80 bits per heavy atom. The molecule has 1 aromatic heterocycles. The topological polar surface area (TPSA) is 29.3 Å². The van der Waals surface area contributed by atoms with Crippen molar-refractivity contribution < 1.29 is 0 Å². The molecule has 0 fully saturated rings. The Morgan fingerprint density at radius 2 is 2.33 bits per heavy atom. The van der Waals surface area contributed by atoms with Crippen LogP contribution in [0.2, 0.25) is 0 Å². The fourth-order valence-electron chi connectivity index (χ4n) is 1.49. The van der Waals surface area contributed by atoms with Crippen LogP contribution in [0.4, 0.5) is 0 Å². The lowest BCUT2D eigenvalue weighted by molar-refractivity contribution is 0.316. The minimum Gasteiger partial charge on any atom is -0.326 e. The molecule has 15 heavy (non-hydrogen) atoms. The summed E-state index contributed by atoms with van der Waals surface area (Å²) in [6.07, 6.45) is 5.32. The van der Waals surface area contributed by atoms with Gasteiger partial charge in [-0.05, 0) is 25.1 Å². The largest absolute Gasteiger partial charge is 0.326 e. The van der Waals surface area contributed by atoms with Crippen LogP contribution >= 0.6 is 11.3 Å². The summed E-state index contributed by atoms with van der Waals surface area (Å²) in [5.41, 5.74) is 6.98. The molecule has 0 aliphatic carbocycles. The molecule has 0 amide bonds. The number of nitrogens with zero attached hydrogens (tertiary/aromatic N) is 1. The third kappa shape index (κ3) is 3.35. The zero-order chi connectivity index (χ0) is 11.3. The van der Waals surface area contributed by atoms with E-state index in [9.17, 15) is 0 Å². The smallest absolute Gasteiger partial charge is 0.0601 e. The molecule has 3 heteroatoms. The van der Waals surface area contributed by atoms with Crippen LogP contribution in [0.3, 0.4) is 0 Å². The van der Waals surface area contributed by atoms with Crippen molar-refractivity contribution >= 4 is 11.3 Å². The van der Waals surface area contributed by atoms with Gasteiger partial charge in [0.2, 0.25) is 0 Å². The zero-order valence-electron chi connectivity index (χ0n) is 9.42. The fraction of sp³-hybridized carbons (Fsp3) is 0.500. The highest BCUT2D eigenvalue weighted by molar-refractivity contribution is 7.12. The van der Waals surface area contributed by atoms with Crippen molar-refractivity contribution in [1.82, 2.24) is 4.90 Å². The van der Waals surface area contributed by atoms with Crippen molar-refractivity contribution in [2.24, 2.45) is 5.73 Å². The molecule has 82 valence electrons. The number of thiophene rings is 1. The van der Waals surface area contributed by atoms with Crippen LogP contribution in [0, 0.1) is 19.3 Å². The molecule has 1 rings (SSSR count). The molecule has 0 atom stereocenters. The van der Waals surface area contributed by atoms with Crippen molar-refractivity contribution in [3.8, 4) is 12.3 Å². The lowest BCUT2D eigenvalue weighted by atomic mass is 10.2. The van der Waals surface area contributed by atoms with Gasteiger partial charge in [-0.3, -0.25) is 4.90 Å². The Bertz CT molecular complexity index is 349. The quantitative estimate of drug-likeness (QED) is 0.772. The van der Waals surface area contributed by atoms with Crippen LogP contribution in [0.5, 0.6) is 0 Å². The van der Waals surface area contributed by atoms with Gasteiger partial charge in [0.15, 0.2) is 0 Å². The Morgan fingerprint density at radius 1 is 1.60 bits per heavy atom. The Balaban J connectivity index is 2.70. The number of rotatable bonds is 5. The maximum Gasteiger partial charge on any atom is 0.0601 e. The summed E-state index contributed by atoms with van der Waals surface area (Å²) in [5.74, 6) is 2.68. The van der Waals surface area contributed by atoms with E-state index >= 15 is 0 Å². The van der Waals surface area contributed by atoms with E-state index in [0.717, 1.165) is 13.1 Å². The molecule has 1 heterocycles. The van der Waals surface area contributed by atoms with Crippen LogP contribution < -0.4 is 5.73 Å². The number of hydrogen-bond donors (Lipinski definition) is 1. The first-order chi connectivity index (χ1) is 7.21. The molecule has 1 aromatic rings. The summed E-state index contributed by atoms with van der Waals surface area (Å²) in [5, 5.41) is 0. The van der Waals surface area contributed by atoms with Crippen LogP contribution in [-0.4, -0.2) is 18.0 Å². The van der Waals surface area contributed by atoms with E-state index in [4.69, 9.17) is 12.2 Å². The van der Waals surface area contributed by atoms with E-state index in [1.54, 1.807) is 11.3 Å². The average molecular weight is 222 g/mol. The van der Waals surface area contributed by atoms with Gasteiger partial charge in [-0.1, -0.05) is 12.8 Å². The second-order valence-electron chi connectivity index (χ2n) is 3.51. The molecular weight excluding hydrogens is 204 g/mol. The highest BCUT2D eigenvalue weighted by Crippen LogP contribution is 2.22. The molecule has 0 aromatic carbocycles. The van der Waals surface area contributed by atoms with E-state index in [-0.39, 0.29) is 0 Å². The molecule has 0 radical (unpaired) electrons. The first-order valence-corrected chi connectivity index (χ1v) is 5.97. The minimum atomic E-state index is 0.632. The molecule has 0 saturated heterocycles. The third-order valence-corrected chi connectivity index (χ3v) is 3.54. The van der Waals surface area contributed by atoms with Gasteiger partial charge in [0.1, 0.15) is 0 Å². The lowest BCUT2D eigenvalue weighted by Gasteiger charge is -2.16. The Labute approximate surface area is 96.1 Å². The SMILES string of the molecule is C#CCN(CC)Cc1cc(CN)sc1C. The van der Waals surface area contributed by atoms with Gasteiger partial charge >= 0.3 is 0 Å². The molecule has 0 spiro atoms.